The van der Waals surface area contributed by atoms with E-state index < -0.39 is 11.8 Å². The van der Waals surface area contributed by atoms with Gasteiger partial charge in [0.1, 0.15) is 24.2 Å². The van der Waals surface area contributed by atoms with E-state index in [9.17, 15) is 14.7 Å². The minimum Gasteiger partial charge on any atom is -0.507 e. The number of nitrogens with zero attached hydrogens (tertiary/aromatic N) is 5. The molecule has 2 amide bonds. The van der Waals surface area contributed by atoms with Crippen molar-refractivity contribution in [3.05, 3.63) is 72.3 Å². The Morgan fingerprint density at radius 1 is 0.868 bits per heavy atom. The number of carbonyl (C=O) groups is 2. The molecule has 53 heavy (non-hydrogen) atoms. The number of benzene rings is 3. The van der Waals surface area contributed by atoms with E-state index >= 15 is 0 Å². The lowest BCUT2D eigenvalue weighted by molar-refractivity contribution is 0.0569. The fourth-order valence-corrected chi connectivity index (χ4v) is 9.05. The van der Waals surface area contributed by atoms with Crippen LogP contribution in [0.25, 0.3) is 22.2 Å². The summed E-state index contributed by atoms with van der Waals surface area (Å²) in [6.07, 6.45) is 6.18. The molecule has 2 fully saturated rings. The van der Waals surface area contributed by atoms with E-state index in [0.29, 0.717) is 39.2 Å². The van der Waals surface area contributed by atoms with Gasteiger partial charge in [-0.1, -0.05) is 24.8 Å². The zero-order chi connectivity index (χ0) is 38.1. The number of rotatable bonds is 8. The van der Waals surface area contributed by atoms with Crippen LogP contribution in [0, 0.1) is 0 Å². The van der Waals surface area contributed by atoms with Crippen molar-refractivity contribution in [1.82, 2.24) is 20.3 Å². The van der Waals surface area contributed by atoms with Crippen molar-refractivity contribution in [1.29, 1.82) is 0 Å². The Labute approximate surface area is 311 Å². The minimum atomic E-state index is -0.487. The van der Waals surface area contributed by atoms with Crippen LogP contribution in [-0.2, 0) is 0 Å². The van der Waals surface area contributed by atoms with E-state index in [1.807, 2.05) is 18.2 Å². The van der Waals surface area contributed by atoms with Crippen LogP contribution in [0.2, 0.25) is 0 Å². The summed E-state index contributed by atoms with van der Waals surface area (Å²) < 4.78 is 12.4. The Morgan fingerprint density at radius 3 is 2.15 bits per heavy atom. The van der Waals surface area contributed by atoms with Crippen molar-refractivity contribution in [3.8, 4) is 28.9 Å². The van der Waals surface area contributed by atoms with Crippen LogP contribution in [0.15, 0.2) is 61.2 Å². The molecular formula is C42H50N6O5. The average molecular weight is 719 g/mol. The monoisotopic (exact) mass is 718 g/mol. The summed E-state index contributed by atoms with van der Waals surface area (Å²) in [5.74, 6) is 0.110. The van der Waals surface area contributed by atoms with Crippen LogP contribution >= 0.6 is 0 Å². The lowest BCUT2D eigenvalue weighted by Crippen LogP contribution is -2.60. The number of hydrogen-bond donors (Lipinski definition) is 2. The Morgan fingerprint density at radius 2 is 1.51 bits per heavy atom. The van der Waals surface area contributed by atoms with E-state index in [4.69, 9.17) is 14.5 Å². The Balaban J connectivity index is 1.23. The normalized spacial score (nSPS) is 20.4. The maximum Gasteiger partial charge on any atom is 0.322 e. The molecule has 278 valence electrons. The number of nitrogens with one attached hydrogen (secondary N) is 1. The molecule has 0 unspecified atom stereocenters. The maximum atomic E-state index is 14.1. The molecule has 11 heteroatoms. The predicted molar refractivity (Wildman–Crippen MR) is 207 cm³/mol. The van der Waals surface area contributed by atoms with Gasteiger partial charge < -0.3 is 24.8 Å². The molecule has 11 nitrogen and oxygen atoms in total. The molecular weight excluding hydrogens is 668 g/mol. The summed E-state index contributed by atoms with van der Waals surface area (Å²) in [5, 5.41) is 16.5. The van der Waals surface area contributed by atoms with E-state index in [1.54, 1.807) is 30.3 Å². The first-order valence-electron chi connectivity index (χ1n) is 18.4. The summed E-state index contributed by atoms with van der Waals surface area (Å²) in [6.45, 7) is 21.3. The van der Waals surface area contributed by atoms with Crippen LogP contribution in [0.3, 0.4) is 0 Å². The third-order valence-electron chi connectivity index (χ3n) is 10.7. The fraction of sp³-hybridized carbons (Fsp3) is 0.452. The van der Waals surface area contributed by atoms with Crippen molar-refractivity contribution in [2.75, 3.05) is 16.4 Å². The number of hydrogen-bond acceptors (Lipinski definition) is 10. The van der Waals surface area contributed by atoms with E-state index in [-0.39, 0.29) is 58.1 Å². The molecule has 3 aliphatic rings. The van der Waals surface area contributed by atoms with Gasteiger partial charge in [0.25, 0.3) is 11.8 Å². The molecule has 0 saturated carbocycles. The average Bonchev–Trinajstić information content (AvgIpc) is 3.04. The third-order valence-corrected chi connectivity index (χ3v) is 10.7. The highest BCUT2D eigenvalue weighted by molar-refractivity contribution is 6.36. The molecule has 0 radical (unpaired) electrons. The number of carbonyl (C=O) groups excluding carboxylic acids is 2. The van der Waals surface area contributed by atoms with Crippen molar-refractivity contribution in [2.45, 2.75) is 116 Å². The topological polar surface area (TPSA) is 130 Å². The van der Waals surface area contributed by atoms with Gasteiger partial charge in [-0.2, -0.15) is 15.0 Å². The van der Waals surface area contributed by atoms with Gasteiger partial charge in [-0.15, -0.1) is 0 Å². The van der Waals surface area contributed by atoms with Crippen molar-refractivity contribution >= 4 is 34.2 Å². The van der Waals surface area contributed by atoms with Gasteiger partial charge >= 0.3 is 6.01 Å². The smallest absolute Gasteiger partial charge is 0.322 e. The van der Waals surface area contributed by atoms with Gasteiger partial charge in [-0.3, -0.25) is 9.59 Å². The van der Waals surface area contributed by atoms with Crippen LogP contribution < -0.4 is 24.6 Å². The maximum absolute atomic E-state index is 14.1. The summed E-state index contributed by atoms with van der Waals surface area (Å²) in [5.41, 5.74) is 0.582. The van der Waals surface area contributed by atoms with Gasteiger partial charge in [0, 0.05) is 63.0 Å². The van der Waals surface area contributed by atoms with Crippen LogP contribution in [-0.4, -0.2) is 66.7 Å². The molecule has 7 rings (SSSR count). The zero-order valence-electron chi connectivity index (χ0n) is 32.0. The molecule has 3 aliphatic heterocycles. The molecule has 0 aliphatic carbocycles. The number of amides is 2. The first kappa shape index (κ1) is 36.3. The second-order valence-corrected chi connectivity index (χ2v) is 17.2. The molecule has 0 atom stereocenters. The van der Waals surface area contributed by atoms with Crippen molar-refractivity contribution in [3.63, 3.8) is 0 Å². The molecule has 0 spiro atoms. The Bertz CT molecular complexity index is 2090. The van der Waals surface area contributed by atoms with Gasteiger partial charge in [0.2, 0.25) is 5.95 Å². The fourth-order valence-electron chi connectivity index (χ4n) is 9.05. The first-order chi connectivity index (χ1) is 24.9. The number of aromatic hydroxyl groups is 1. The standard InChI is InChI=1S/C42H50N6O5/c1-10-21-52-38-44-34(43-37(45-38)48-41(6,7)19-12-20-42(48,8)9)27-16-15-25(22-31(27)49)47-35(50)29-14-11-13-28-32(18-17-30(33(28)29)36(47)51)53-26-23-39(2,3)46-40(4,5)24-26/h10-11,13-18,22,26,46,49H,1,12,19-21,23-24H2,2-9H3. The lowest BCUT2D eigenvalue weighted by atomic mass is 9.80. The summed E-state index contributed by atoms with van der Waals surface area (Å²) in [6, 6.07) is 13.7. The van der Waals surface area contributed by atoms with E-state index in [0.717, 1.165) is 37.0 Å². The zero-order valence-corrected chi connectivity index (χ0v) is 32.0. The third kappa shape index (κ3) is 6.71. The van der Waals surface area contributed by atoms with Crippen LogP contribution in [0.4, 0.5) is 11.6 Å². The van der Waals surface area contributed by atoms with Gasteiger partial charge in [0.15, 0.2) is 5.82 Å². The molecule has 4 heterocycles. The molecule has 4 aromatic rings. The molecule has 1 aromatic heterocycles. The van der Waals surface area contributed by atoms with Crippen LogP contribution in [0.1, 0.15) is 108 Å². The number of piperidine rings is 2. The number of aromatic nitrogens is 3. The predicted octanol–water partition coefficient (Wildman–Crippen LogP) is 8.00. The number of phenolic OH excluding ortho intramolecular Hbond substituents is 1. The second kappa shape index (κ2) is 12.8. The molecule has 3 aromatic carbocycles. The van der Waals surface area contributed by atoms with Crippen molar-refractivity contribution in [2.24, 2.45) is 0 Å². The van der Waals surface area contributed by atoms with Gasteiger partial charge in [-0.25, -0.2) is 4.90 Å². The SMILES string of the molecule is C=CCOc1nc(-c2ccc(N3C(=O)c4cccc5c(OC6CC(C)(C)NC(C)(C)C6)ccc(c45)C3=O)cc2O)nc(N2C(C)(C)CCCC2(C)C)n1. The second-order valence-electron chi connectivity index (χ2n) is 17.2. The molecule has 2 saturated heterocycles. The summed E-state index contributed by atoms with van der Waals surface area (Å²) >= 11 is 0. The van der Waals surface area contributed by atoms with Crippen LogP contribution in [0.5, 0.6) is 17.5 Å². The molecule has 2 N–H and O–H groups in total. The number of phenols is 1. The molecule has 0 bridgehead atoms. The van der Waals surface area contributed by atoms with E-state index in [1.165, 1.54) is 6.07 Å². The first-order valence-corrected chi connectivity index (χ1v) is 18.4. The summed E-state index contributed by atoms with van der Waals surface area (Å²) in [4.78, 5) is 45.7. The highest BCUT2D eigenvalue weighted by Crippen LogP contribution is 2.43. The minimum absolute atomic E-state index is 0.0470. The number of imide groups is 1. The van der Waals surface area contributed by atoms with Crippen molar-refractivity contribution < 1.29 is 24.2 Å². The highest BCUT2D eigenvalue weighted by atomic mass is 16.5. The Hall–Kier alpha value is -5.03. The quantitative estimate of drug-likeness (QED) is 0.137. The Kier molecular flexibility index (Phi) is 8.79. The summed E-state index contributed by atoms with van der Waals surface area (Å²) in [7, 11) is 0. The lowest BCUT2D eigenvalue weighted by Gasteiger charge is -2.52. The van der Waals surface area contributed by atoms with Gasteiger partial charge in [0.05, 0.1) is 11.3 Å². The highest BCUT2D eigenvalue weighted by Gasteiger charge is 2.44. The van der Waals surface area contributed by atoms with E-state index in [2.05, 4.69) is 82.2 Å². The largest absolute Gasteiger partial charge is 0.507 e. The number of anilines is 2. The van der Waals surface area contributed by atoms with Gasteiger partial charge in [-0.05, 0) is 105 Å². The number of ether oxygens (including phenoxy) is 2.